The standard InChI is InChI=1S/C15H22F3NS/c1-3-19-14(11-8-9-20-10(11)2)12-6-4-5-7-13(12)15(16,17)18/h8-9,12-14,19H,3-7H2,1-2H3. The molecule has 2 rings (SSSR count). The summed E-state index contributed by atoms with van der Waals surface area (Å²) in [4.78, 5) is 1.13. The van der Waals surface area contributed by atoms with Crippen molar-refractivity contribution in [3.63, 3.8) is 0 Å². The molecule has 0 radical (unpaired) electrons. The quantitative estimate of drug-likeness (QED) is 0.818. The third-order valence-electron chi connectivity index (χ3n) is 4.33. The van der Waals surface area contributed by atoms with Crippen molar-refractivity contribution in [2.45, 2.75) is 51.7 Å². The zero-order valence-electron chi connectivity index (χ0n) is 12.0. The average molecular weight is 305 g/mol. The SMILES string of the molecule is CCNC(c1ccsc1C)C1CCCCC1C(F)(F)F. The molecule has 1 N–H and O–H groups in total. The van der Waals surface area contributed by atoms with Gasteiger partial charge in [0.05, 0.1) is 5.92 Å². The van der Waals surface area contributed by atoms with Gasteiger partial charge in [-0.25, -0.2) is 0 Å². The van der Waals surface area contributed by atoms with E-state index in [1.807, 2.05) is 25.3 Å². The van der Waals surface area contributed by atoms with Gasteiger partial charge in [0.15, 0.2) is 0 Å². The maximum atomic E-state index is 13.3. The minimum atomic E-state index is -4.08. The molecule has 114 valence electrons. The molecule has 1 aliphatic carbocycles. The first-order chi connectivity index (χ1) is 9.45. The Kier molecular flexibility index (Phi) is 5.13. The summed E-state index contributed by atoms with van der Waals surface area (Å²) in [5.41, 5.74) is 1.05. The van der Waals surface area contributed by atoms with Gasteiger partial charge < -0.3 is 5.32 Å². The van der Waals surface area contributed by atoms with Crippen molar-refractivity contribution in [2.24, 2.45) is 11.8 Å². The van der Waals surface area contributed by atoms with Crippen molar-refractivity contribution < 1.29 is 13.2 Å². The Hall–Kier alpha value is -0.550. The Morgan fingerprint density at radius 3 is 2.60 bits per heavy atom. The predicted molar refractivity (Wildman–Crippen MR) is 77.0 cm³/mol. The highest BCUT2D eigenvalue weighted by atomic mass is 32.1. The first-order valence-electron chi connectivity index (χ1n) is 7.29. The van der Waals surface area contributed by atoms with Crippen LogP contribution in [0.4, 0.5) is 13.2 Å². The van der Waals surface area contributed by atoms with Gasteiger partial charge in [-0.15, -0.1) is 11.3 Å². The van der Waals surface area contributed by atoms with Gasteiger partial charge in [0.25, 0.3) is 0 Å². The summed E-state index contributed by atoms with van der Waals surface area (Å²) in [5, 5.41) is 5.28. The van der Waals surface area contributed by atoms with Gasteiger partial charge in [-0.3, -0.25) is 0 Å². The van der Waals surface area contributed by atoms with E-state index in [4.69, 9.17) is 0 Å². The Morgan fingerprint density at radius 2 is 2.05 bits per heavy atom. The Bertz CT molecular complexity index is 427. The summed E-state index contributed by atoms with van der Waals surface area (Å²) in [6, 6.07) is 1.81. The lowest BCUT2D eigenvalue weighted by atomic mass is 9.73. The van der Waals surface area contributed by atoms with Crippen LogP contribution >= 0.6 is 11.3 Å². The lowest BCUT2D eigenvalue weighted by Crippen LogP contribution is -2.40. The molecule has 1 saturated carbocycles. The smallest absolute Gasteiger partial charge is 0.310 e. The normalized spacial score (nSPS) is 25.6. The number of alkyl halides is 3. The number of hydrogen-bond acceptors (Lipinski definition) is 2. The van der Waals surface area contributed by atoms with Gasteiger partial charge in [-0.2, -0.15) is 13.2 Å². The van der Waals surface area contributed by atoms with E-state index in [0.717, 1.165) is 16.9 Å². The zero-order valence-corrected chi connectivity index (χ0v) is 12.8. The molecule has 1 fully saturated rings. The summed E-state index contributed by atoms with van der Waals surface area (Å²) in [6.45, 7) is 4.65. The van der Waals surface area contributed by atoms with E-state index in [-0.39, 0.29) is 18.4 Å². The van der Waals surface area contributed by atoms with Crippen molar-refractivity contribution >= 4 is 11.3 Å². The van der Waals surface area contributed by atoms with E-state index in [9.17, 15) is 13.2 Å². The minimum absolute atomic E-state index is 0.168. The molecule has 1 nitrogen and oxygen atoms in total. The van der Waals surface area contributed by atoms with Gasteiger partial charge in [0, 0.05) is 10.9 Å². The molecule has 3 unspecified atom stereocenters. The van der Waals surface area contributed by atoms with E-state index in [1.54, 1.807) is 11.3 Å². The largest absolute Gasteiger partial charge is 0.392 e. The maximum Gasteiger partial charge on any atom is 0.392 e. The highest BCUT2D eigenvalue weighted by Crippen LogP contribution is 2.47. The van der Waals surface area contributed by atoms with Crippen molar-refractivity contribution in [1.29, 1.82) is 0 Å². The third-order valence-corrected chi connectivity index (χ3v) is 5.19. The van der Waals surface area contributed by atoms with E-state index in [1.165, 1.54) is 0 Å². The van der Waals surface area contributed by atoms with Crippen LogP contribution in [0.3, 0.4) is 0 Å². The second-order valence-electron chi connectivity index (χ2n) is 5.56. The van der Waals surface area contributed by atoms with Crippen molar-refractivity contribution in [2.75, 3.05) is 6.54 Å². The van der Waals surface area contributed by atoms with Crippen LogP contribution in [0.5, 0.6) is 0 Å². The maximum absolute atomic E-state index is 13.3. The number of halogens is 3. The summed E-state index contributed by atoms with van der Waals surface area (Å²) in [5.74, 6) is -1.50. The monoisotopic (exact) mass is 305 g/mol. The Labute approximate surface area is 122 Å². The van der Waals surface area contributed by atoms with Gasteiger partial charge >= 0.3 is 6.18 Å². The van der Waals surface area contributed by atoms with Crippen LogP contribution in [0.1, 0.15) is 49.1 Å². The van der Waals surface area contributed by atoms with Gasteiger partial charge in [-0.1, -0.05) is 19.8 Å². The fourth-order valence-corrected chi connectivity index (χ4v) is 4.14. The van der Waals surface area contributed by atoms with E-state index in [0.29, 0.717) is 19.4 Å². The highest BCUT2D eigenvalue weighted by molar-refractivity contribution is 7.10. The molecular formula is C15H22F3NS. The molecule has 0 saturated heterocycles. The van der Waals surface area contributed by atoms with Crippen LogP contribution in [0, 0.1) is 18.8 Å². The summed E-state index contributed by atoms with van der Waals surface area (Å²) in [7, 11) is 0. The number of rotatable bonds is 4. The Balaban J connectivity index is 2.29. The van der Waals surface area contributed by atoms with Gasteiger partial charge in [-0.05, 0) is 49.2 Å². The molecular weight excluding hydrogens is 283 g/mol. The van der Waals surface area contributed by atoms with Crippen LogP contribution in [-0.4, -0.2) is 12.7 Å². The topological polar surface area (TPSA) is 12.0 Å². The molecule has 0 spiro atoms. The summed E-state index contributed by atoms with van der Waals surface area (Å²) in [6.07, 6.45) is -1.54. The summed E-state index contributed by atoms with van der Waals surface area (Å²) < 4.78 is 39.9. The highest BCUT2D eigenvalue weighted by Gasteiger charge is 2.48. The molecule has 3 atom stereocenters. The van der Waals surface area contributed by atoms with Crippen molar-refractivity contribution in [1.82, 2.24) is 5.32 Å². The van der Waals surface area contributed by atoms with Crippen LogP contribution in [-0.2, 0) is 0 Å². The number of nitrogens with one attached hydrogen (secondary N) is 1. The van der Waals surface area contributed by atoms with Crippen molar-refractivity contribution in [3.05, 3.63) is 21.9 Å². The number of thiophene rings is 1. The average Bonchev–Trinajstić information content (AvgIpc) is 2.81. The van der Waals surface area contributed by atoms with Gasteiger partial charge in [0.1, 0.15) is 0 Å². The van der Waals surface area contributed by atoms with E-state index >= 15 is 0 Å². The first kappa shape index (κ1) is 15.8. The minimum Gasteiger partial charge on any atom is -0.310 e. The number of aryl methyl sites for hydroxylation is 1. The first-order valence-corrected chi connectivity index (χ1v) is 8.17. The van der Waals surface area contributed by atoms with Crippen molar-refractivity contribution in [3.8, 4) is 0 Å². The third kappa shape index (κ3) is 3.37. The second-order valence-corrected chi connectivity index (χ2v) is 6.68. The fourth-order valence-electron chi connectivity index (χ4n) is 3.39. The predicted octanol–water partition coefficient (Wildman–Crippen LogP) is 5.08. The van der Waals surface area contributed by atoms with Crippen LogP contribution in [0.2, 0.25) is 0 Å². The van der Waals surface area contributed by atoms with E-state index in [2.05, 4.69) is 5.32 Å². The molecule has 1 aromatic heterocycles. The van der Waals surface area contributed by atoms with Crippen LogP contribution in [0.25, 0.3) is 0 Å². The lowest BCUT2D eigenvalue weighted by Gasteiger charge is -2.38. The second kappa shape index (κ2) is 6.48. The molecule has 0 aliphatic heterocycles. The molecule has 0 bridgehead atoms. The molecule has 1 aliphatic rings. The molecule has 0 amide bonds. The summed E-state index contributed by atoms with van der Waals surface area (Å²) >= 11 is 1.61. The molecule has 1 heterocycles. The number of hydrogen-bond donors (Lipinski definition) is 1. The molecule has 0 aromatic carbocycles. The zero-order chi connectivity index (χ0) is 14.8. The molecule has 5 heteroatoms. The molecule has 20 heavy (non-hydrogen) atoms. The fraction of sp³-hybridized carbons (Fsp3) is 0.733. The lowest BCUT2D eigenvalue weighted by molar-refractivity contribution is -0.199. The van der Waals surface area contributed by atoms with E-state index < -0.39 is 12.1 Å². The Morgan fingerprint density at radius 1 is 1.35 bits per heavy atom. The molecule has 1 aromatic rings. The van der Waals surface area contributed by atoms with Crippen LogP contribution < -0.4 is 5.32 Å². The van der Waals surface area contributed by atoms with Gasteiger partial charge in [0.2, 0.25) is 0 Å². The van der Waals surface area contributed by atoms with Crippen LogP contribution in [0.15, 0.2) is 11.4 Å².